The Morgan fingerprint density at radius 2 is 1.80 bits per heavy atom. The number of halogens is 1. The van der Waals surface area contributed by atoms with Gasteiger partial charge in [0.05, 0.1) is 29.7 Å². The fourth-order valence-corrected chi connectivity index (χ4v) is 2.87. The number of primary sulfonamides is 1. The Kier molecular flexibility index (Phi) is 5.89. The van der Waals surface area contributed by atoms with Gasteiger partial charge >= 0.3 is 0 Å². The van der Waals surface area contributed by atoms with Crippen LogP contribution in [0, 0.1) is 0 Å². The number of sulfonamides is 1. The van der Waals surface area contributed by atoms with Crippen molar-refractivity contribution < 1.29 is 22.7 Å². The van der Waals surface area contributed by atoms with Crippen LogP contribution in [-0.2, 0) is 16.6 Å². The fraction of sp³-hybridized carbons (Fsp3) is 0.188. The lowest BCUT2D eigenvalue weighted by Gasteiger charge is -2.11. The molecule has 2 aromatic rings. The number of hydrogen-bond acceptors (Lipinski definition) is 5. The Morgan fingerprint density at radius 3 is 2.40 bits per heavy atom. The number of amides is 1. The minimum atomic E-state index is -3.93. The third-order valence-corrected chi connectivity index (χ3v) is 4.65. The lowest BCUT2D eigenvalue weighted by molar-refractivity contribution is 0.0951. The fourth-order valence-electron chi connectivity index (χ4n) is 2.12. The summed E-state index contributed by atoms with van der Waals surface area (Å²) in [6.07, 6.45) is 0. The number of methoxy groups -OCH3 is 2. The minimum absolute atomic E-state index is 0.0219. The molecule has 134 valence electrons. The van der Waals surface area contributed by atoms with Gasteiger partial charge in [-0.25, -0.2) is 13.6 Å². The molecular formula is C16H17ClN2O5S. The Balaban J connectivity index is 2.18. The Morgan fingerprint density at radius 1 is 1.12 bits per heavy atom. The molecule has 0 bridgehead atoms. The van der Waals surface area contributed by atoms with Crippen LogP contribution in [0.2, 0.25) is 5.02 Å². The molecule has 0 aliphatic heterocycles. The molecule has 7 nitrogen and oxygen atoms in total. The van der Waals surface area contributed by atoms with Gasteiger partial charge in [0.25, 0.3) is 5.91 Å². The van der Waals surface area contributed by atoms with Crippen molar-refractivity contribution in [3.8, 4) is 11.5 Å². The van der Waals surface area contributed by atoms with Crippen LogP contribution in [0.4, 0.5) is 0 Å². The minimum Gasteiger partial charge on any atom is -0.493 e. The van der Waals surface area contributed by atoms with Gasteiger partial charge in [-0.3, -0.25) is 4.79 Å². The third-order valence-electron chi connectivity index (χ3n) is 3.41. The highest BCUT2D eigenvalue weighted by Gasteiger charge is 2.16. The predicted molar refractivity (Wildman–Crippen MR) is 93.5 cm³/mol. The summed E-state index contributed by atoms with van der Waals surface area (Å²) in [5.74, 6) is 0.579. The van der Waals surface area contributed by atoms with E-state index in [1.165, 1.54) is 26.4 Å². The number of benzene rings is 2. The topological polar surface area (TPSA) is 108 Å². The molecule has 0 unspecified atom stereocenters. The zero-order valence-corrected chi connectivity index (χ0v) is 15.1. The molecule has 9 heteroatoms. The molecule has 0 radical (unpaired) electrons. The van der Waals surface area contributed by atoms with Crippen LogP contribution in [0.1, 0.15) is 15.9 Å². The zero-order valence-electron chi connectivity index (χ0n) is 13.6. The van der Waals surface area contributed by atoms with E-state index in [1.54, 1.807) is 18.2 Å². The molecule has 1 amide bonds. The first-order chi connectivity index (χ1) is 11.8. The number of carbonyl (C=O) groups is 1. The van der Waals surface area contributed by atoms with E-state index in [2.05, 4.69) is 5.32 Å². The average Bonchev–Trinajstić information content (AvgIpc) is 2.58. The van der Waals surface area contributed by atoms with Crippen LogP contribution in [0.15, 0.2) is 41.3 Å². The monoisotopic (exact) mass is 384 g/mol. The number of nitrogens with one attached hydrogen (secondary N) is 1. The summed E-state index contributed by atoms with van der Waals surface area (Å²) in [6, 6.07) is 8.90. The molecule has 0 aliphatic rings. The zero-order chi connectivity index (χ0) is 18.6. The van der Waals surface area contributed by atoms with Crippen molar-refractivity contribution in [1.82, 2.24) is 5.32 Å². The maximum atomic E-state index is 12.3. The summed E-state index contributed by atoms with van der Waals surface area (Å²) in [5, 5.41) is 7.86. The highest BCUT2D eigenvalue weighted by Crippen LogP contribution is 2.27. The van der Waals surface area contributed by atoms with E-state index in [-0.39, 0.29) is 22.0 Å². The first kappa shape index (κ1) is 19.0. The van der Waals surface area contributed by atoms with E-state index in [1.807, 2.05) is 0 Å². The van der Waals surface area contributed by atoms with E-state index in [0.717, 1.165) is 11.6 Å². The molecule has 2 aromatic carbocycles. The standard InChI is InChI=1S/C16H17ClN2O5S/c1-23-14-6-3-10(7-15(14)24-2)9-19-16(20)12-8-11(25(18,21)22)4-5-13(12)17/h3-8H,9H2,1-2H3,(H,19,20)(H2,18,21,22). The van der Waals surface area contributed by atoms with E-state index < -0.39 is 15.9 Å². The summed E-state index contributed by atoms with van der Waals surface area (Å²) in [5.41, 5.74) is 0.790. The Bertz CT molecular complexity index is 899. The van der Waals surface area contributed by atoms with Crippen molar-refractivity contribution >= 4 is 27.5 Å². The molecule has 0 aliphatic carbocycles. The number of carbonyl (C=O) groups excluding carboxylic acids is 1. The maximum Gasteiger partial charge on any atom is 0.253 e. The lowest BCUT2D eigenvalue weighted by Crippen LogP contribution is -2.24. The van der Waals surface area contributed by atoms with E-state index in [9.17, 15) is 13.2 Å². The first-order valence-electron chi connectivity index (χ1n) is 7.07. The summed E-state index contributed by atoms with van der Waals surface area (Å²) in [7, 11) is -0.888. The van der Waals surface area contributed by atoms with Crippen molar-refractivity contribution in [3.05, 3.63) is 52.5 Å². The molecule has 2 rings (SSSR count). The van der Waals surface area contributed by atoms with Gasteiger partial charge in [0.1, 0.15) is 0 Å². The first-order valence-corrected chi connectivity index (χ1v) is 9.00. The van der Waals surface area contributed by atoms with Crippen LogP contribution < -0.4 is 19.9 Å². The molecule has 0 aromatic heterocycles. The average molecular weight is 385 g/mol. The largest absolute Gasteiger partial charge is 0.493 e. The van der Waals surface area contributed by atoms with Crippen molar-refractivity contribution in [2.45, 2.75) is 11.4 Å². The van der Waals surface area contributed by atoms with E-state index >= 15 is 0 Å². The summed E-state index contributed by atoms with van der Waals surface area (Å²) in [4.78, 5) is 12.1. The van der Waals surface area contributed by atoms with E-state index in [0.29, 0.717) is 11.5 Å². The Labute approximate surface area is 150 Å². The molecule has 0 heterocycles. The second-order valence-corrected chi connectivity index (χ2v) is 7.03. The van der Waals surface area contributed by atoms with Crippen molar-refractivity contribution in [1.29, 1.82) is 0 Å². The van der Waals surface area contributed by atoms with Gasteiger partial charge in [0, 0.05) is 6.54 Å². The molecule has 0 fully saturated rings. The molecule has 0 spiro atoms. The predicted octanol–water partition coefficient (Wildman–Crippen LogP) is 1.93. The second kappa shape index (κ2) is 7.73. The molecular weight excluding hydrogens is 368 g/mol. The van der Waals surface area contributed by atoms with Gasteiger partial charge < -0.3 is 14.8 Å². The number of nitrogens with two attached hydrogens (primary N) is 1. The van der Waals surface area contributed by atoms with Gasteiger partial charge in [-0.15, -0.1) is 0 Å². The van der Waals surface area contributed by atoms with Crippen LogP contribution in [0.3, 0.4) is 0 Å². The number of ether oxygens (including phenoxy) is 2. The summed E-state index contributed by atoms with van der Waals surface area (Å²) >= 11 is 5.98. The van der Waals surface area contributed by atoms with Crippen LogP contribution in [0.5, 0.6) is 11.5 Å². The van der Waals surface area contributed by atoms with Gasteiger partial charge in [0.2, 0.25) is 10.0 Å². The molecule has 25 heavy (non-hydrogen) atoms. The number of rotatable bonds is 6. The number of hydrogen-bond donors (Lipinski definition) is 2. The normalized spacial score (nSPS) is 11.0. The molecule has 0 saturated heterocycles. The van der Waals surface area contributed by atoms with Crippen LogP contribution in [-0.4, -0.2) is 28.5 Å². The molecule has 0 atom stereocenters. The van der Waals surface area contributed by atoms with Crippen molar-refractivity contribution in [2.24, 2.45) is 5.14 Å². The van der Waals surface area contributed by atoms with Crippen molar-refractivity contribution in [3.63, 3.8) is 0 Å². The van der Waals surface area contributed by atoms with Crippen LogP contribution in [0.25, 0.3) is 0 Å². The Hall–Kier alpha value is -2.29. The highest BCUT2D eigenvalue weighted by molar-refractivity contribution is 7.89. The third kappa shape index (κ3) is 4.62. The summed E-state index contributed by atoms with van der Waals surface area (Å²) < 4.78 is 33.2. The second-order valence-electron chi connectivity index (χ2n) is 5.06. The van der Waals surface area contributed by atoms with E-state index in [4.69, 9.17) is 26.2 Å². The quantitative estimate of drug-likeness (QED) is 0.791. The summed E-state index contributed by atoms with van der Waals surface area (Å²) in [6.45, 7) is 0.190. The van der Waals surface area contributed by atoms with Gasteiger partial charge in [-0.2, -0.15) is 0 Å². The lowest BCUT2D eigenvalue weighted by atomic mass is 10.1. The van der Waals surface area contributed by atoms with Gasteiger partial charge in [-0.1, -0.05) is 17.7 Å². The smallest absolute Gasteiger partial charge is 0.253 e. The SMILES string of the molecule is COc1ccc(CNC(=O)c2cc(S(N)(=O)=O)ccc2Cl)cc1OC. The highest BCUT2D eigenvalue weighted by atomic mass is 35.5. The van der Waals surface area contributed by atoms with Gasteiger partial charge in [0.15, 0.2) is 11.5 Å². The molecule has 3 N–H and O–H groups in total. The van der Waals surface area contributed by atoms with Crippen LogP contribution >= 0.6 is 11.6 Å². The van der Waals surface area contributed by atoms with Crippen molar-refractivity contribution in [2.75, 3.05) is 14.2 Å². The maximum absolute atomic E-state index is 12.3. The van der Waals surface area contributed by atoms with Gasteiger partial charge in [-0.05, 0) is 35.9 Å². The molecule has 0 saturated carbocycles.